The molecule has 1 unspecified atom stereocenters. The van der Waals surface area contributed by atoms with Gasteiger partial charge in [-0.2, -0.15) is 0 Å². The van der Waals surface area contributed by atoms with Gasteiger partial charge in [-0.1, -0.05) is 11.6 Å². The summed E-state index contributed by atoms with van der Waals surface area (Å²) in [5, 5.41) is 18.0. The molecule has 0 aromatic rings. The van der Waals surface area contributed by atoms with E-state index in [0.717, 1.165) is 19.3 Å². The van der Waals surface area contributed by atoms with Gasteiger partial charge in [0.15, 0.2) is 0 Å². The van der Waals surface area contributed by atoms with Crippen molar-refractivity contribution >= 4 is 0 Å². The SMILES string of the molecule is CC(O)/C=C1/CC=C(O)CC1. The van der Waals surface area contributed by atoms with Gasteiger partial charge in [0.25, 0.3) is 0 Å². The van der Waals surface area contributed by atoms with Crippen LogP contribution in [-0.2, 0) is 0 Å². The Bertz CT molecular complexity index is 190. The number of allylic oxidation sites excluding steroid dienone is 3. The molecule has 0 heterocycles. The first-order valence-corrected chi connectivity index (χ1v) is 3.94. The van der Waals surface area contributed by atoms with Crippen molar-refractivity contribution in [1.82, 2.24) is 0 Å². The molecule has 1 aliphatic rings. The Balaban J connectivity index is 2.53. The van der Waals surface area contributed by atoms with E-state index in [1.807, 2.05) is 6.08 Å². The predicted molar refractivity (Wildman–Crippen MR) is 44.3 cm³/mol. The molecule has 0 fully saturated rings. The first kappa shape index (κ1) is 8.34. The van der Waals surface area contributed by atoms with Crippen LogP contribution in [0.1, 0.15) is 26.2 Å². The zero-order chi connectivity index (χ0) is 8.27. The second-order valence-corrected chi connectivity index (χ2v) is 2.97. The van der Waals surface area contributed by atoms with Crippen LogP contribution in [0.2, 0.25) is 0 Å². The summed E-state index contributed by atoms with van der Waals surface area (Å²) >= 11 is 0. The van der Waals surface area contributed by atoms with Gasteiger partial charge in [-0.05, 0) is 25.8 Å². The third-order valence-corrected chi connectivity index (χ3v) is 1.78. The molecule has 0 saturated heterocycles. The molecule has 0 saturated carbocycles. The summed E-state index contributed by atoms with van der Waals surface area (Å²) in [6.45, 7) is 1.74. The van der Waals surface area contributed by atoms with Crippen LogP contribution in [-0.4, -0.2) is 16.3 Å². The topological polar surface area (TPSA) is 40.5 Å². The summed E-state index contributed by atoms with van der Waals surface area (Å²) in [4.78, 5) is 0. The van der Waals surface area contributed by atoms with E-state index in [1.165, 1.54) is 5.57 Å². The molecule has 0 aromatic carbocycles. The van der Waals surface area contributed by atoms with Crippen molar-refractivity contribution in [3.05, 3.63) is 23.5 Å². The molecule has 62 valence electrons. The average molecular weight is 154 g/mol. The number of hydrogen-bond acceptors (Lipinski definition) is 2. The predicted octanol–water partition coefficient (Wildman–Crippen LogP) is 1.92. The van der Waals surface area contributed by atoms with Crippen LogP contribution >= 0.6 is 0 Å². The Morgan fingerprint density at radius 1 is 1.55 bits per heavy atom. The van der Waals surface area contributed by atoms with E-state index in [0.29, 0.717) is 5.76 Å². The zero-order valence-corrected chi connectivity index (χ0v) is 6.75. The maximum atomic E-state index is 9.03. The molecular weight excluding hydrogens is 140 g/mol. The summed E-state index contributed by atoms with van der Waals surface area (Å²) in [6, 6.07) is 0. The highest BCUT2D eigenvalue weighted by molar-refractivity contribution is 5.16. The van der Waals surface area contributed by atoms with Crippen molar-refractivity contribution in [1.29, 1.82) is 0 Å². The van der Waals surface area contributed by atoms with Crippen molar-refractivity contribution in [2.45, 2.75) is 32.3 Å². The molecule has 2 heteroatoms. The van der Waals surface area contributed by atoms with E-state index in [1.54, 1.807) is 13.0 Å². The van der Waals surface area contributed by atoms with Crippen LogP contribution < -0.4 is 0 Å². The highest BCUT2D eigenvalue weighted by Gasteiger charge is 2.06. The Morgan fingerprint density at radius 3 is 2.73 bits per heavy atom. The summed E-state index contributed by atoms with van der Waals surface area (Å²) in [6.07, 6.45) is 5.68. The highest BCUT2D eigenvalue weighted by atomic mass is 16.3. The molecular formula is C9H14O2. The third kappa shape index (κ3) is 2.76. The van der Waals surface area contributed by atoms with Gasteiger partial charge in [-0.3, -0.25) is 0 Å². The number of hydrogen-bond donors (Lipinski definition) is 2. The highest BCUT2D eigenvalue weighted by Crippen LogP contribution is 2.21. The van der Waals surface area contributed by atoms with Crippen molar-refractivity contribution < 1.29 is 10.2 Å². The second kappa shape index (κ2) is 3.58. The molecule has 11 heavy (non-hydrogen) atoms. The maximum Gasteiger partial charge on any atom is 0.0889 e. The van der Waals surface area contributed by atoms with Gasteiger partial charge in [0.2, 0.25) is 0 Å². The van der Waals surface area contributed by atoms with Gasteiger partial charge in [-0.25, -0.2) is 0 Å². The molecule has 1 atom stereocenters. The lowest BCUT2D eigenvalue weighted by atomic mass is 9.98. The van der Waals surface area contributed by atoms with E-state index in [-0.39, 0.29) is 6.10 Å². The normalized spacial score (nSPS) is 24.9. The fraction of sp³-hybridized carbons (Fsp3) is 0.556. The van der Waals surface area contributed by atoms with Gasteiger partial charge in [0.1, 0.15) is 0 Å². The molecule has 0 spiro atoms. The monoisotopic (exact) mass is 154 g/mol. The van der Waals surface area contributed by atoms with Crippen LogP contribution in [0, 0.1) is 0 Å². The molecule has 0 bridgehead atoms. The Kier molecular flexibility index (Phi) is 2.71. The number of rotatable bonds is 1. The van der Waals surface area contributed by atoms with Gasteiger partial charge >= 0.3 is 0 Å². The van der Waals surface area contributed by atoms with Crippen LogP contribution in [0.4, 0.5) is 0 Å². The molecule has 0 aliphatic heterocycles. The molecule has 2 nitrogen and oxygen atoms in total. The quantitative estimate of drug-likeness (QED) is 0.566. The first-order valence-electron chi connectivity index (χ1n) is 3.94. The smallest absolute Gasteiger partial charge is 0.0889 e. The Hall–Kier alpha value is -0.760. The molecule has 2 N–H and O–H groups in total. The lowest BCUT2D eigenvalue weighted by Gasteiger charge is -2.11. The summed E-state index contributed by atoms with van der Waals surface area (Å²) < 4.78 is 0. The fourth-order valence-corrected chi connectivity index (χ4v) is 1.23. The van der Waals surface area contributed by atoms with Gasteiger partial charge in [0, 0.05) is 6.42 Å². The van der Waals surface area contributed by atoms with Crippen molar-refractivity contribution in [2.24, 2.45) is 0 Å². The van der Waals surface area contributed by atoms with Crippen LogP contribution in [0.15, 0.2) is 23.5 Å². The number of aliphatic hydroxyl groups excluding tert-OH is 2. The van der Waals surface area contributed by atoms with E-state index in [4.69, 9.17) is 10.2 Å². The van der Waals surface area contributed by atoms with Crippen LogP contribution in [0.5, 0.6) is 0 Å². The Morgan fingerprint density at radius 2 is 2.27 bits per heavy atom. The minimum Gasteiger partial charge on any atom is -0.513 e. The summed E-state index contributed by atoms with van der Waals surface area (Å²) in [7, 11) is 0. The van der Waals surface area contributed by atoms with Gasteiger partial charge < -0.3 is 10.2 Å². The molecule has 1 aliphatic carbocycles. The maximum absolute atomic E-state index is 9.03. The average Bonchev–Trinajstić information content (AvgIpc) is 1.93. The van der Waals surface area contributed by atoms with Gasteiger partial charge in [0.05, 0.1) is 11.9 Å². The largest absolute Gasteiger partial charge is 0.513 e. The van der Waals surface area contributed by atoms with E-state index in [2.05, 4.69) is 0 Å². The molecule has 0 amide bonds. The lowest BCUT2D eigenvalue weighted by molar-refractivity contribution is 0.242. The van der Waals surface area contributed by atoms with Crippen molar-refractivity contribution in [3.8, 4) is 0 Å². The van der Waals surface area contributed by atoms with Crippen LogP contribution in [0.25, 0.3) is 0 Å². The minimum atomic E-state index is -0.362. The molecule has 0 radical (unpaired) electrons. The van der Waals surface area contributed by atoms with E-state index >= 15 is 0 Å². The second-order valence-electron chi connectivity index (χ2n) is 2.97. The zero-order valence-electron chi connectivity index (χ0n) is 6.75. The number of aliphatic hydroxyl groups is 2. The van der Waals surface area contributed by atoms with E-state index < -0.39 is 0 Å². The molecule has 0 aromatic heterocycles. The summed E-state index contributed by atoms with van der Waals surface area (Å²) in [5.74, 6) is 0.479. The molecule has 1 rings (SSSR count). The standard InChI is InChI=1S/C9H14O2/c1-7(10)6-8-2-4-9(11)5-3-8/h4,6-7,10-11H,2-3,5H2,1H3/b8-6-. The van der Waals surface area contributed by atoms with E-state index in [9.17, 15) is 0 Å². The fourth-order valence-electron chi connectivity index (χ4n) is 1.23. The lowest BCUT2D eigenvalue weighted by Crippen LogP contribution is -2.00. The Labute approximate surface area is 66.9 Å². The van der Waals surface area contributed by atoms with Gasteiger partial charge in [-0.15, -0.1) is 0 Å². The first-order chi connectivity index (χ1) is 5.18. The van der Waals surface area contributed by atoms with Crippen molar-refractivity contribution in [2.75, 3.05) is 0 Å². The van der Waals surface area contributed by atoms with Crippen LogP contribution in [0.3, 0.4) is 0 Å². The summed E-state index contributed by atoms with van der Waals surface area (Å²) in [5.41, 5.74) is 1.22. The van der Waals surface area contributed by atoms with Crippen molar-refractivity contribution in [3.63, 3.8) is 0 Å². The third-order valence-electron chi connectivity index (χ3n) is 1.78. The minimum absolute atomic E-state index is 0.362.